The molecule has 1 unspecified atom stereocenters. The van der Waals surface area contributed by atoms with Crippen molar-refractivity contribution in [3.05, 3.63) is 29.6 Å². The molecular formula is C7H9F2N2P. The van der Waals surface area contributed by atoms with Crippen LogP contribution < -0.4 is 5.73 Å². The Morgan fingerprint density at radius 2 is 2.25 bits per heavy atom. The third kappa shape index (κ3) is 1.96. The van der Waals surface area contributed by atoms with Crippen LogP contribution >= 0.6 is 9.24 Å². The Morgan fingerprint density at radius 1 is 1.58 bits per heavy atom. The fraction of sp³-hybridized carbons (Fsp3) is 0.286. The van der Waals surface area contributed by atoms with E-state index in [4.69, 9.17) is 5.73 Å². The molecule has 0 fully saturated rings. The lowest BCUT2D eigenvalue weighted by atomic mass is 10.1. The molecule has 0 saturated carbocycles. The highest BCUT2D eigenvalue weighted by atomic mass is 31.0. The number of nitrogens with two attached hydrogens (primary N) is 1. The fourth-order valence-electron chi connectivity index (χ4n) is 0.915. The molecule has 2 nitrogen and oxygen atoms in total. The van der Waals surface area contributed by atoms with Gasteiger partial charge in [0.2, 0.25) is 0 Å². The molecule has 0 aliphatic rings. The van der Waals surface area contributed by atoms with E-state index in [9.17, 15) is 8.78 Å². The van der Waals surface area contributed by atoms with Crippen LogP contribution in [0.2, 0.25) is 0 Å². The van der Waals surface area contributed by atoms with Crippen molar-refractivity contribution in [2.45, 2.75) is 12.2 Å². The lowest BCUT2D eigenvalue weighted by molar-refractivity contribution is 0.103. The summed E-state index contributed by atoms with van der Waals surface area (Å²) >= 11 is 0. The number of pyridine rings is 1. The summed E-state index contributed by atoms with van der Waals surface area (Å²) in [6.45, 7) is 0.0766. The van der Waals surface area contributed by atoms with Gasteiger partial charge in [0.1, 0.15) is 0 Å². The molecule has 1 atom stereocenters. The van der Waals surface area contributed by atoms with Crippen LogP contribution in [0, 0.1) is 0 Å². The summed E-state index contributed by atoms with van der Waals surface area (Å²) in [7, 11) is 1.48. The van der Waals surface area contributed by atoms with Crippen molar-refractivity contribution in [2.24, 2.45) is 5.73 Å². The molecule has 1 aromatic rings. The van der Waals surface area contributed by atoms with Gasteiger partial charge in [-0.2, -0.15) is 8.78 Å². The van der Waals surface area contributed by atoms with Crippen molar-refractivity contribution in [1.29, 1.82) is 0 Å². The first kappa shape index (κ1) is 9.49. The SMILES string of the molecule is NCc1cnccc1C(F)(F)P. The summed E-state index contributed by atoms with van der Waals surface area (Å²) in [5, 5.41) is 0. The Morgan fingerprint density at radius 3 is 2.67 bits per heavy atom. The van der Waals surface area contributed by atoms with E-state index in [0.29, 0.717) is 5.56 Å². The topological polar surface area (TPSA) is 38.9 Å². The molecular weight excluding hydrogens is 181 g/mol. The normalized spacial score (nSPS) is 11.7. The molecule has 66 valence electrons. The average Bonchev–Trinajstić information content (AvgIpc) is 2.03. The third-order valence-corrected chi connectivity index (χ3v) is 1.79. The Bertz CT molecular complexity index is 272. The molecule has 1 rings (SSSR count). The molecule has 0 radical (unpaired) electrons. The standard InChI is InChI=1S/C7H9F2N2P/c8-7(9,12)6-1-2-11-4-5(6)3-10/h1-2,4H,3,10,12H2. The van der Waals surface area contributed by atoms with Crippen molar-refractivity contribution in [3.63, 3.8) is 0 Å². The van der Waals surface area contributed by atoms with Crippen LogP contribution in [-0.2, 0) is 12.2 Å². The third-order valence-electron chi connectivity index (χ3n) is 1.48. The summed E-state index contributed by atoms with van der Waals surface area (Å²) in [6, 6.07) is 1.27. The van der Waals surface area contributed by atoms with E-state index in [1.54, 1.807) is 0 Å². The van der Waals surface area contributed by atoms with Gasteiger partial charge in [0.15, 0.2) is 0 Å². The van der Waals surface area contributed by atoms with Gasteiger partial charge in [-0.1, -0.05) is 9.24 Å². The van der Waals surface area contributed by atoms with Crippen molar-refractivity contribution in [2.75, 3.05) is 0 Å². The van der Waals surface area contributed by atoms with Crippen LogP contribution in [0.15, 0.2) is 18.5 Å². The summed E-state index contributed by atoms with van der Waals surface area (Å²) in [4.78, 5) is 3.71. The van der Waals surface area contributed by atoms with Crippen LogP contribution in [0.1, 0.15) is 11.1 Å². The number of halogens is 2. The van der Waals surface area contributed by atoms with Crippen LogP contribution in [0.4, 0.5) is 8.78 Å². The highest BCUT2D eigenvalue weighted by Gasteiger charge is 2.26. The zero-order valence-corrected chi connectivity index (χ0v) is 7.45. The van der Waals surface area contributed by atoms with Gasteiger partial charge < -0.3 is 5.73 Å². The zero-order valence-electron chi connectivity index (χ0n) is 6.30. The van der Waals surface area contributed by atoms with Gasteiger partial charge in [0.05, 0.1) is 0 Å². The van der Waals surface area contributed by atoms with Crippen molar-refractivity contribution < 1.29 is 8.78 Å². The van der Waals surface area contributed by atoms with Gasteiger partial charge >= 0.3 is 0 Å². The largest absolute Gasteiger partial charge is 0.326 e. The van der Waals surface area contributed by atoms with Gasteiger partial charge in [-0.05, 0) is 11.6 Å². The van der Waals surface area contributed by atoms with Gasteiger partial charge in [0.25, 0.3) is 5.66 Å². The summed E-state index contributed by atoms with van der Waals surface area (Å²) in [6.07, 6.45) is 2.68. The fourth-order valence-corrected chi connectivity index (χ4v) is 1.20. The molecule has 0 aromatic carbocycles. The molecule has 0 aliphatic carbocycles. The molecule has 1 heterocycles. The van der Waals surface area contributed by atoms with E-state index in [1.807, 2.05) is 0 Å². The minimum atomic E-state index is -2.92. The molecule has 0 amide bonds. The number of rotatable bonds is 2. The van der Waals surface area contributed by atoms with E-state index in [-0.39, 0.29) is 12.1 Å². The lowest BCUT2D eigenvalue weighted by Crippen LogP contribution is -2.10. The van der Waals surface area contributed by atoms with Crippen LogP contribution in [-0.4, -0.2) is 4.98 Å². The maximum absolute atomic E-state index is 12.8. The lowest BCUT2D eigenvalue weighted by Gasteiger charge is -2.13. The Balaban J connectivity index is 3.14. The Hall–Kier alpha value is -0.600. The van der Waals surface area contributed by atoms with Gasteiger partial charge in [-0.3, -0.25) is 4.98 Å². The maximum Gasteiger partial charge on any atom is 0.284 e. The van der Waals surface area contributed by atoms with Crippen molar-refractivity contribution in [3.8, 4) is 0 Å². The number of nitrogens with zero attached hydrogens (tertiary/aromatic N) is 1. The first-order valence-electron chi connectivity index (χ1n) is 3.36. The zero-order chi connectivity index (χ0) is 9.19. The smallest absolute Gasteiger partial charge is 0.284 e. The summed E-state index contributed by atoms with van der Waals surface area (Å²) in [5.74, 6) is 0. The minimum Gasteiger partial charge on any atom is -0.326 e. The van der Waals surface area contributed by atoms with Gasteiger partial charge in [0, 0.05) is 24.5 Å². The summed E-state index contributed by atoms with van der Waals surface area (Å²) in [5.41, 5.74) is 2.64. The van der Waals surface area contributed by atoms with E-state index in [0.717, 1.165) is 0 Å². The highest BCUT2D eigenvalue weighted by Crippen LogP contribution is 2.36. The predicted octanol–water partition coefficient (Wildman–Crippen LogP) is 1.46. The average molecular weight is 190 g/mol. The van der Waals surface area contributed by atoms with Gasteiger partial charge in [-0.25, -0.2) is 0 Å². The highest BCUT2D eigenvalue weighted by molar-refractivity contribution is 7.17. The predicted molar refractivity (Wildman–Crippen MR) is 45.7 cm³/mol. The monoisotopic (exact) mass is 190 g/mol. The second-order valence-corrected chi connectivity index (χ2v) is 3.09. The molecule has 12 heavy (non-hydrogen) atoms. The molecule has 0 saturated heterocycles. The number of hydrogen-bond donors (Lipinski definition) is 1. The minimum absolute atomic E-state index is 0.0766. The van der Waals surface area contributed by atoms with Crippen LogP contribution in [0.25, 0.3) is 0 Å². The van der Waals surface area contributed by atoms with Crippen molar-refractivity contribution >= 4 is 9.24 Å². The van der Waals surface area contributed by atoms with Crippen LogP contribution in [0.3, 0.4) is 0 Å². The number of hydrogen-bond acceptors (Lipinski definition) is 2. The Kier molecular flexibility index (Phi) is 2.70. The second-order valence-electron chi connectivity index (χ2n) is 2.36. The molecule has 0 spiro atoms. The maximum atomic E-state index is 12.8. The molecule has 0 bridgehead atoms. The Labute approximate surface area is 71.4 Å². The molecule has 5 heteroatoms. The quantitative estimate of drug-likeness (QED) is 0.717. The summed E-state index contributed by atoms with van der Waals surface area (Å²) < 4.78 is 25.6. The van der Waals surface area contributed by atoms with E-state index in [2.05, 4.69) is 4.98 Å². The molecule has 0 aliphatic heterocycles. The first-order chi connectivity index (χ1) is 5.55. The van der Waals surface area contributed by atoms with Crippen molar-refractivity contribution in [1.82, 2.24) is 4.98 Å². The van der Waals surface area contributed by atoms with Crippen LogP contribution in [0.5, 0.6) is 0 Å². The molecule has 1 aromatic heterocycles. The number of aromatic nitrogens is 1. The van der Waals surface area contributed by atoms with Gasteiger partial charge in [-0.15, -0.1) is 0 Å². The van der Waals surface area contributed by atoms with E-state index in [1.165, 1.54) is 27.7 Å². The first-order valence-corrected chi connectivity index (χ1v) is 3.93. The molecule has 2 N–H and O–H groups in total. The van der Waals surface area contributed by atoms with E-state index >= 15 is 0 Å². The van der Waals surface area contributed by atoms with E-state index < -0.39 is 5.66 Å². The second kappa shape index (κ2) is 3.42. The number of alkyl halides is 2.